The van der Waals surface area contributed by atoms with Gasteiger partial charge in [0.25, 0.3) is 0 Å². The van der Waals surface area contributed by atoms with E-state index in [0.717, 1.165) is 25.7 Å². The Bertz CT molecular complexity index is 219. The first kappa shape index (κ1) is 8.84. The summed E-state index contributed by atoms with van der Waals surface area (Å²) < 4.78 is 4.79. The van der Waals surface area contributed by atoms with Crippen molar-refractivity contribution >= 4 is 6.09 Å². The summed E-state index contributed by atoms with van der Waals surface area (Å²) in [6, 6.07) is 0. The zero-order valence-corrected chi connectivity index (χ0v) is 6.95. The number of nitrogens with two attached hydrogens (primary N) is 1. The second-order valence-electron chi connectivity index (χ2n) is 2.68. The van der Waals surface area contributed by atoms with E-state index in [0.29, 0.717) is 5.76 Å². The molecule has 0 radical (unpaired) electrons. The average Bonchev–Trinajstić information content (AvgIpc) is 1.93. The highest BCUT2D eigenvalue weighted by Gasteiger charge is 2.02. The number of allylic oxidation sites excluding steroid dienone is 4. The molecule has 0 fully saturated rings. The summed E-state index contributed by atoms with van der Waals surface area (Å²) in [7, 11) is 0. The van der Waals surface area contributed by atoms with Gasteiger partial charge in [0.2, 0.25) is 0 Å². The first-order chi connectivity index (χ1) is 5.79. The predicted molar refractivity (Wildman–Crippen MR) is 46.4 cm³/mol. The summed E-state index contributed by atoms with van der Waals surface area (Å²) in [6.07, 6.45) is 9.04. The topological polar surface area (TPSA) is 52.3 Å². The molecular weight excluding hydrogens is 154 g/mol. The van der Waals surface area contributed by atoms with Gasteiger partial charge in [0, 0.05) is 6.42 Å². The number of hydrogen-bond donors (Lipinski definition) is 1. The monoisotopic (exact) mass is 167 g/mol. The summed E-state index contributed by atoms with van der Waals surface area (Å²) in [6.45, 7) is 0. The molecular formula is C9H13NO2. The maximum atomic E-state index is 10.4. The van der Waals surface area contributed by atoms with Gasteiger partial charge in [-0.25, -0.2) is 4.79 Å². The summed E-state index contributed by atoms with van der Waals surface area (Å²) in [5.41, 5.74) is 4.89. The Hall–Kier alpha value is -1.25. The minimum absolute atomic E-state index is 0.701. The van der Waals surface area contributed by atoms with Crippen molar-refractivity contribution in [1.82, 2.24) is 0 Å². The van der Waals surface area contributed by atoms with Gasteiger partial charge >= 0.3 is 6.09 Å². The Balaban J connectivity index is 2.45. The Morgan fingerprint density at radius 2 is 2.08 bits per heavy atom. The van der Waals surface area contributed by atoms with Crippen molar-refractivity contribution in [1.29, 1.82) is 0 Å². The number of carbonyl (C=O) groups is 1. The van der Waals surface area contributed by atoms with Crippen molar-refractivity contribution in [3.63, 3.8) is 0 Å². The van der Waals surface area contributed by atoms with E-state index in [2.05, 4.69) is 12.2 Å². The number of rotatable bonds is 1. The molecule has 1 aliphatic carbocycles. The van der Waals surface area contributed by atoms with Crippen molar-refractivity contribution in [2.24, 2.45) is 5.73 Å². The Morgan fingerprint density at radius 1 is 1.33 bits per heavy atom. The SMILES string of the molecule is NC(=O)O/C1=C/CC/C=C\CC1. The van der Waals surface area contributed by atoms with Crippen LogP contribution in [0.1, 0.15) is 25.7 Å². The first-order valence-electron chi connectivity index (χ1n) is 4.10. The van der Waals surface area contributed by atoms with Crippen LogP contribution in [0.4, 0.5) is 4.79 Å². The van der Waals surface area contributed by atoms with Gasteiger partial charge in [0.15, 0.2) is 0 Å². The molecule has 0 saturated carbocycles. The van der Waals surface area contributed by atoms with Crippen LogP contribution in [0, 0.1) is 0 Å². The van der Waals surface area contributed by atoms with E-state index in [1.807, 2.05) is 6.08 Å². The van der Waals surface area contributed by atoms with Crippen LogP contribution < -0.4 is 5.73 Å². The summed E-state index contributed by atoms with van der Waals surface area (Å²) in [5.74, 6) is 0.701. The van der Waals surface area contributed by atoms with Crippen LogP contribution in [0.15, 0.2) is 24.0 Å². The van der Waals surface area contributed by atoms with Gasteiger partial charge in [-0.3, -0.25) is 0 Å². The molecule has 1 aliphatic rings. The molecule has 1 amide bonds. The van der Waals surface area contributed by atoms with Crippen LogP contribution in [0.25, 0.3) is 0 Å². The minimum Gasteiger partial charge on any atom is -0.415 e. The number of hydrogen-bond acceptors (Lipinski definition) is 2. The van der Waals surface area contributed by atoms with Crippen molar-refractivity contribution in [2.45, 2.75) is 25.7 Å². The van der Waals surface area contributed by atoms with Gasteiger partial charge in [-0.1, -0.05) is 12.2 Å². The molecule has 0 aromatic rings. The summed E-state index contributed by atoms with van der Waals surface area (Å²) >= 11 is 0. The zero-order valence-electron chi connectivity index (χ0n) is 6.95. The third kappa shape index (κ3) is 3.23. The largest absolute Gasteiger partial charge is 0.415 e. The molecule has 0 unspecified atom stereocenters. The molecule has 0 aliphatic heterocycles. The molecule has 0 aromatic heterocycles. The molecule has 12 heavy (non-hydrogen) atoms. The Labute approximate surface area is 71.9 Å². The molecule has 0 heterocycles. The van der Waals surface area contributed by atoms with Gasteiger partial charge < -0.3 is 10.5 Å². The molecule has 3 nitrogen and oxygen atoms in total. The second-order valence-corrected chi connectivity index (χ2v) is 2.68. The van der Waals surface area contributed by atoms with Gasteiger partial charge in [-0.15, -0.1) is 0 Å². The molecule has 66 valence electrons. The van der Waals surface area contributed by atoms with Gasteiger partial charge in [-0.2, -0.15) is 0 Å². The van der Waals surface area contributed by atoms with Crippen molar-refractivity contribution in [3.05, 3.63) is 24.0 Å². The van der Waals surface area contributed by atoms with E-state index in [9.17, 15) is 4.79 Å². The van der Waals surface area contributed by atoms with Crippen LogP contribution in [-0.4, -0.2) is 6.09 Å². The maximum absolute atomic E-state index is 10.4. The fraction of sp³-hybridized carbons (Fsp3) is 0.444. The molecule has 2 N–H and O–H groups in total. The molecule has 0 aromatic carbocycles. The van der Waals surface area contributed by atoms with Crippen molar-refractivity contribution in [3.8, 4) is 0 Å². The Morgan fingerprint density at radius 3 is 2.83 bits per heavy atom. The molecule has 0 saturated heterocycles. The van der Waals surface area contributed by atoms with Crippen LogP contribution in [0.2, 0.25) is 0 Å². The third-order valence-electron chi connectivity index (χ3n) is 1.66. The number of primary amides is 1. The van der Waals surface area contributed by atoms with E-state index in [4.69, 9.17) is 10.5 Å². The molecule has 0 spiro atoms. The number of amides is 1. The highest BCUT2D eigenvalue weighted by molar-refractivity contribution is 5.65. The smallest absolute Gasteiger partial charge is 0.409 e. The van der Waals surface area contributed by atoms with Gasteiger partial charge in [-0.05, 0) is 25.3 Å². The number of carbonyl (C=O) groups excluding carboxylic acids is 1. The minimum atomic E-state index is -0.717. The summed E-state index contributed by atoms with van der Waals surface area (Å²) in [4.78, 5) is 10.4. The molecule has 0 bridgehead atoms. The standard InChI is InChI=1S/C9H13NO2/c10-9(11)12-8-6-4-2-1-3-5-7-8/h1-2,7H,3-6H2,(H2,10,11)/b2-1-,8-7+. The van der Waals surface area contributed by atoms with E-state index in [-0.39, 0.29) is 0 Å². The quantitative estimate of drug-likeness (QED) is 0.608. The average molecular weight is 167 g/mol. The second kappa shape index (κ2) is 4.59. The van der Waals surface area contributed by atoms with Crippen LogP contribution >= 0.6 is 0 Å². The van der Waals surface area contributed by atoms with Crippen LogP contribution in [0.3, 0.4) is 0 Å². The lowest BCUT2D eigenvalue weighted by atomic mass is 10.1. The van der Waals surface area contributed by atoms with Crippen LogP contribution in [-0.2, 0) is 4.74 Å². The van der Waals surface area contributed by atoms with E-state index < -0.39 is 6.09 Å². The third-order valence-corrected chi connectivity index (χ3v) is 1.66. The van der Waals surface area contributed by atoms with Crippen molar-refractivity contribution in [2.75, 3.05) is 0 Å². The highest BCUT2D eigenvalue weighted by atomic mass is 16.5. The van der Waals surface area contributed by atoms with Gasteiger partial charge in [0.1, 0.15) is 5.76 Å². The van der Waals surface area contributed by atoms with E-state index >= 15 is 0 Å². The van der Waals surface area contributed by atoms with Gasteiger partial charge in [0.05, 0.1) is 0 Å². The zero-order chi connectivity index (χ0) is 8.81. The first-order valence-corrected chi connectivity index (χ1v) is 4.10. The fourth-order valence-electron chi connectivity index (χ4n) is 1.13. The van der Waals surface area contributed by atoms with Crippen LogP contribution in [0.5, 0.6) is 0 Å². The lowest BCUT2D eigenvalue weighted by Crippen LogP contribution is -2.12. The normalized spacial score (nSPS) is 24.5. The van der Waals surface area contributed by atoms with Crippen molar-refractivity contribution < 1.29 is 9.53 Å². The summed E-state index contributed by atoms with van der Waals surface area (Å²) in [5, 5.41) is 0. The Kier molecular flexibility index (Phi) is 3.38. The number of ether oxygens (including phenoxy) is 1. The lowest BCUT2D eigenvalue weighted by Gasteiger charge is -2.06. The maximum Gasteiger partial charge on any atom is 0.409 e. The molecule has 3 heteroatoms. The highest BCUT2D eigenvalue weighted by Crippen LogP contribution is 2.12. The molecule has 0 atom stereocenters. The molecule has 1 rings (SSSR count). The van der Waals surface area contributed by atoms with E-state index in [1.54, 1.807) is 0 Å². The fourth-order valence-corrected chi connectivity index (χ4v) is 1.13. The predicted octanol–water partition coefficient (Wildman–Crippen LogP) is 2.10. The van der Waals surface area contributed by atoms with E-state index in [1.165, 1.54) is 0 Å². The lowest BCUT2D eigenvalue weighted by molar-refractivity contribution is 0.183.